The Kier molecular flexibility index (Phi) is 4.61. The van der Waals surface area contributed by atoms with Crippen molar-refractivity contribution < 1.29 is 0 Å². The number of hydrogen-bond donors (Lipinski definition) is 1. The molecular weight excluding hydrogens is 234 g/mol. The molecule has 3 nitrogen and oxygen atoms in total. The van der Waals surface area contributed by atoms with Crippen molar-refractivity contribution in [3.63, 3.8) is 0 Å². The van der Waals surface area contributed by atoms with Gasteiger partial charge in [-0.2, -0.15) is 0 Å². The Morgan fingerprint density at radius 3 is 2.32 bits per heavy atom. The zero-order valence-electron chi connectivity index (χ0n) is 12.7. The van der Waals surface area contributed by atoms with Crippen molar-refractivity contribution in [2.24, 2.45) is 5.73 Å². The fraction of sp³-hybridized carbons (Fsp3) is 0.625. The number of likely N-dealkylation sites (N-methyl/N-ethyl adjacent to an activating group) is 1. The predicted octanol–water partition coefficient (Wildman–Crippen LogP) is 1.94. The number of rotatable bonds is 3. The number of benzene rings is 1. The Labute approximate surface area is 117 Å². The fourth-order valence-corrected chi connectivity index (χ4v) is 2.99. The molecule has 0 aromatic heterocycles. The second-order valence-electron chi connectivity index (χ2n) is 6.00. The van der Waals surface area contributed by atoms with Crippen molar-refractivity contribution in [2.75, 3.05) is 33.2 Å². The Morgan fingerprint density at radius 1 is 1.11 bits per heavy atom. The van der Waals surface area contributed by atoms with Crippen LogP contribution in [0.3, 0.4) is 0 Å². The number of nitrogens with two attached hydrogens (primary N) is 1. The maximum Gasteiger partial charge on any atom is 0.0500 e. The van der Waals surface area contributed by atoms with E-state index in [0.717, 1.165) is 26.2 Å². The van der Waals surface area contributed by atoms with E-state index in [0.29, 0.717) is 6.04 Å². The summed E-state index contributed by atoms with van der Waals surface area (Å²) < 4.78 is 0. The summed E-state index contributed by atoms with van der Waals surface area (Å²) in [4.78, 5) is 4.93. The summed E-state index contributed by atoms with van der Waals surface area (Å²) in [6, 6.07) is 7.20. The minimum atomic E-state index is 0.156. The van der Waals surface area contributed by atoms with E-state index in [-0.39, 0.29) is 6.04 Å². The summed E-state index contributed by atoms with van der Waals surface area (Å²) >= 11 is 0. The predicted molar refractivity (Wildman–Crippen MR) is 81.4 cm³/mol. The van der Waals surface area contributed by atoms with E-state index >= 15 is 0 Å². The molecule has 0 bridgehead atoms. The lowest BCUT2D eigenvalue weighted by molar-refractivity contribution is 0.100. The molecule has 2 unspecified atom stereocenters. The summed E-state index contributed by atoms with van der Waals surface area (Å²) in [5.41, 5.74) is 10.4. The molecule has 0 aliphatic carbocycles. The van der Waals surface area contributed by atoms with E-state index in [2.05, 4.69) is 55.8 Å². The van der Waals surface area contributed by atoms with E-state index in [1.54, 1.807) is 0 Å². The Balaban J connectivity index is 2.27. The normalized spacial score (nSPS) is 21.3. The summed E-state index contributed by atoms with van der Waals surface area (Å²) in [5.74, 6) is 0. The Bertz CT molecular complexity index is 420. The second-order valence-corrected chi connectivity index (χ2v) is 6.00. The summed E-state index contributed by atoms with van der Waals surface area (Å²) in [6.07, 6.45) is 0. The largest absolute Gasteiger partial charge is 0.326 e. The molecule has 2 N–H and O–H groups in total. The molecule has 1 heterocycles. The zero-order valence-corrected chi connectivity index (χ0v) is 12.7. The third-order valence-electron chi connectivity index (χ3n) is 4.18. The zero-order chi connectivity index (χ0) is 14.0. The van der Waals surface area contributed by atoms with E-state index < -0.39 is 0 Å². The molecule has 19 heavy (non-hydrogen) atoms. The molecular formula is C16H27N3. The Hall–Kier alpha value is -0.900. The number of aryl methyl sites for hydroxylation is 2. The molecule has 0 saturated carbocycles. The van der Waals surface area contributed by atoms with Crippen molar-refractivity contribution in [1.29, 1.82) is 0 Å². The first-order valence-electron chi connectivity index (χ1n) is 7.24. The number of nitrogens with zero attached hydrogens (tertiary/aromatic N) is 2. The SMILES string of the molecule is Cc1ccc(C)c(C(C(C)N)N2CCN(C)CC2)c1. The fourth-order valence-electron chi connectivity index (χ4n) is 2.99. The molecule has 0 radical (unpaired) electrons. The van der Waals surface area contributed by atoms with Gasteiger partial charge in [0.15, 0.2) is 0 Å². The molecule has 0 spiro atoms. The average molecular weight is 261 g/mol. The van der Waals surface area contributed by atoms with Crippen LogP contribution in [0.4, 0.5) is 0 Å². The smallest absolute Gasteiger partial charge is 0.0500 e. The van der Waals surface area contributed by atoms with Gasteiger partial charge < -0.3 is 10.6 Å². The maximum atomic E-state index is 6.30. The first kappa shape index (κ1) is 14.5. The van der Waals surface area contributed by atoms with Gasteiger partial charge in [-0.15, -0.1) is 0 Å². The highest BCUT2D eigenvalue weighted by molar-refractivity contribution is 5.34. The van der Waals surface area contributed by atoms with Gasteiger partial charge >= 0.3 is 0 Å². The highest BCUT2D eigenvalue weighted by atomic mass is 15.3. The minimum absolute atomic E-state index is 0.156. The lowest BCUT2D eigenvalue weighted by atomic mass is 9.93. The number of hydrogen-bond acceptors (Lipinski definition) is 3. The van der Waals surface area contributed by atoms with Gasteiger partial charge in [0.25, 0.3) is 0 Å². The third kappa shape index (κ3) is 3.35. The number of piperazine rings is 1. The highest BCUT2D eigenvalue weighted by Crippen LogP contribution is 2.28. The van der Waals surface area contributed by atoms with Crippen LogP contribution in [0, 0.1) is 13.8 Å². The van der Waals surface area contributed by atoms with Gasteiger partial charge in [-0.3, -0.25) is 4.90 Å². The van der Waals surface area contributed by atoms with E-state index in [1.807, 2.05) is 0 Å². The molecule has 1 saturated heterocycles. The van der Waals surface area contributed by atoms with Crippen LogP contribution in [-0.4, -0.2) is 49.1 Å². The lowest BCUT2D eigenvalue weighted by Gasteiger charge is -2.40. The Morgan fingerprint density at radius 2 is 1.74 bits per heavy atom. The summed E-state index contributed by atoms with van der Waals surface area (Å²) in [7, 11) is 2.19. The van der Waals surface area contributed by atoms with Gasteiger partial charge in [0, 0.05) is 38.3 Å². The van der Waals surface area contributed by atoms with Crippen molar-refractivity contribution in [1.82, 2.24) is 9.80 Å². The van der Waals surface area contributed by atoms with Crippen LogP contribution >= 0.6 is 0 Å². The first-order valence-corrected chi connectivity index (χ1v) is 7.24. The van der Waals surface area contributed by atoms with Crippen LogP contribution in [0.1, 0.15) is 29.7 Å². The van der Waals surface area contributed by atoms with Gasteiger partial charge in [-0.05, 0) is 38.9 Å². The van der Waals surface area contributed by atoms with E-state index in [4.69, 9.17) is 5.73 Å². The lowest BCUT2D eigenvalue weighted by Crippen LogP contribution is -2.49. The summed E-state index contributed by atoms with van der Waals surface area (Å²) in [5, 5.41) is 0. The molecule has 0 amide bonds. The van der Waals surface area contributed by atoms with Crippen LogP contribution in [0.15, 0.2) is 18.2 Å². The van der Waals surface area contributed by atoms with E-state index in [1.165, 1.54) is 16.7 Å². The molecule has 106 valence electrons. The van der Waals surface area contributed by atoms with Gasteiger partial charge in [0.1, 0.15) is 0 Å². The van der Waals surface area contributed by atoms with E-state index in [9.17, 15) is 0 Å². The molecule has 1 aliphatic rings. The van der Waals surface area contributed by atoms with Crippen LogP contribution in [0.5, 0.6) is 0 Å². The first-order chi connectivity index (χ1) is 8.99. The molecule has 1 aliphatic heterocycles. The van der Waals surface area contributed by atoms with Crippen LogP contribution in [0.25, 0.3) is 0 Å². The van der Waals surface area contributed by atoms with Crippen molar-refractivity contribution in [3.8, 4) is 0 Å². The molecule has 2 rings (SSSR count). The monoisotopic (exact) mass is 261 g/mol. The van der Waals surface area contributed by atoms with Gasteiger partial charge in [0.05, 0.1) is 0 Å². The van der Waals surface area contributed by atoms with Crippen LogP contribution in [-0.2, 0) is 0 Å². The summed E-state index contributed by atoms with van der Waals surface area (Å²) in [6.45, 7) is 11.0. The molecule has 1 aromatic carbocycles. The van der Waals surface area contributed by atoms with Crippen LogP contribution < -0.4 is 5.73 Å². The standard InChI is InChI=1S/C16H27N3/c1-12-5-6-13(2)15(11-12)16(14(3)17)19-9-7-18(4)8-10-19/h5-6,11,14,16H,7-10,17H2,1-4H3. The average Bonchev–Trinajstić information content (AvgIpc) is 2.36. The molecule has 1 aromatic rings. The third-order valence-corrected chi connectivity index (χ3v) is 4.18. The van der Waals surface area contributed by atoms with Crippen molar-refractivity contribution >= 4 is 0 Å². The maximum absolute atomic E-state index is 6.30. The minimum Gasteiger partial charge on any atom is -0.326 e. The molecule has 2 atom stereocenters. The topological polar surface area (TPSA) is 32.5 Å². The van der Waals surface area contributed by atoms with Crippen molar-refractivity contribution in [2.45, 2.75) is 32.9 Å². The quantitative estimate of drug-likeness (QED) is 0.902. The van der Waals surface area contributed by atoms with Gasteiger partial charge in [-0.25, -0.2) is 0 Å². The highest BCUT2D eigenvalue weighted by Gasteiger charge is 2.27. The second kappa shape index (κ2) is 6.04. The van der Waals surface area contributed by atoms with Gasteiger partial charge in [0.2, 0.25) is 0 Å². The molecule has 3 heteroatoms. The van der Waals surface area contributed by atoms with Gasteiger partial charge in [-0.1, -0.05) is 23.8 Å². The van der Waals surface area contributed by atoms with Crippen LogP contribution in [0.2, 0.25) is 0 Å². The molecule has 1 fully saturated rings. The van der Waals surface area contributed by atoms with Crippen molar-refractivity contribution in [3.05, 3.63) is 34.9 Å².